The minimum atomic E-state index is -4.46. The zero-order valence-electron chi connectivity index (χ0n) is 12.8. The fraction of sp³-hybridized carbons (Fsp3) is 0.133. The van der Waals surface area contributed by atoms with Gasteiger partial charge in [-0.05, 0) is 24.3 Å². The largest absolute Gasteiger partial charge is 0.464 e. The highest BCUT2D eigenvalue weighted by Crippen LogP contribution is 2.28. The highest BCUT2D eigenvalue weighted by Gasteiger charge is 2.35. The zero-order valence-corrected chi connectivity index (χ0v) is 14.4. The van der Waals surface area contributed by atoms with Crippen molar-refractivity contribution in [2.24, 2.45) is 5.16 Å². The van der Waals surface area contributed by atoms with Gasteiger partial charge in [0.1, 0.15) is 11.7 Å². The number of benzene rings is 1. The summed E-state index contributed by atoms with van der Waals surface area (Å²) in [7, 11) is -4.46. The van der Waals surface area contributed by atoms with Crippen LogP contribution in [-0.2, 0) is 14.9 Å². The standard InChI is InChI=1S/C15H13N3O5S2/c19-15(20)18(11-5-2-1-3-6-11)25(21,22)14-12(7-4-8-16-14)13-17-23-9-10-24-13/h1-8H,9-10H2,(H,19,20). The Labute approximate surface area is 148 Å². The molecule has 2 heterocycles. The van der Waals surface area contributed by atoms with Crippen LogP contribution in [0.3, 0.4) is 0 Å². The molecule has 0 saturated carbocycles. The lowest BCUT2D eigenvalue weighted by atomic mass is 10.3. The van der Waals surface area contributed by atoms with E-state index in [4.69, 9.17) is 4.84 Å². The Bertz CT molecular complexity index is 916. The molecule has 1 aromatic heterocycles. The number of oxime groups is 1. The fourth-order valence-corrected chi connectivity index (χ4v) is 4.45. The van der Waals surface area contributed by atoms with Gasteiger partial charge in [-0.1, -0.05) is 35.1 Å². The van der Waals surface area contributed by atoms with Crippen LogP contribution in [0.1, 0.15) is 5.56 Å². The second kappa shape index (κ2) is 7.11. The van der Waals surface area contributed by atoms with Crippen LogP contribution in [-0.4, -0.2) is 42.0 Å². The highest BCUT2D eigenvalue weighted by molar-refractivity contribution is 8.14. The number of hydrogen-bond donors (Lipinski definition) is 1. The molecule has 1 aromatic carbocycles. The van der Waals surface area contributed by atoms with Gasteiger partial charge in [0, 0.05) is 17.5 Å². The number of rotatable bonds is 4. The van der Waals surface area contributed by atoms with E-state index < -0.39 is 21.1 Å². The number of anilines is 1. The molecular formula is C15H13N3O5S2. The zero-order chi connectivity index (χ0) is 17.9. The first-order valence-corrected chi connectivity index (χ1v) is 9.56. The minimum Gasteiger partial charge on any atom is -0.464 e. The van der Waals surface area contributed by atoms with E-state index in [0.717, 1.165) is 0 Å². The monoisotopic (exact) mass is 379 g/mol. The first kappa shape index (κ1) is 17.2. The molecule has 1 aliphatic rings. The van der Waals surface area contributed by atoms with Crippen LogP contribution in [0, 0.1) is 0 Å². The first-order valence-electron chi connectivity index (χ1n) is 7.13. The van der Waals surface area contributed by atoms with Gasteiger partial charge in [0.2, 0.25) is 0 Å². The fourth-order valence-electron chi connectivity index (χ4n) is 2.19. The molecule has 0 unspecified atom stereocenters. The molecule has 0 atom stereocenters. The molecule has 0 saturated heterocycles. The number of sulfonamides is 1. The first-order chi connectivity index (χ1) is 12.0. The van der Waals surface area contributed by atoms with Crippen molar-refractivity contribution in [1.29, 1.82) is 0 Å². The van der Waals surface area contributed by atoms with Crippen molar-refractivity contribution in [3.63, 3.8) is 0 Å². The average Bonchev–Trinajstić information content (AvgIpc) is 2.63. The Hall–Kier alpha value is -2.59. The Morgan fingerprint density at radius 1 is 1.20 bits per heavy atom. The summed E-state index contributed by atoms with van der Waals surface area (Å²) in [5.41, 5.74) is 0.204. The van der Waals surface area contributed by atoms with Crippen LogP contribution >= 0.6 is 11.8 Å². The molecule has 0 bridgehead atoms. The van der Waals surface area contributed by atoms with Crippen LogP contribution in [0.4, 0.5) is 10.5 Å². The molecule has 2 aromatic rings. The van der Waals surface area contributed by atoms with Gasteiger partial charge in [0.05, 0.1) is 5.69 Å². The van der Waals surface area contributed by atoms with Crippen molar-refractivity contribution in [3.8, 4) is 0 Å². The van der Waals surface area contributed by atoms with Crippen molar-refractivity contribution in [3.05, 3.63) is 54.2 Å². The summed E-state index contributed by atoms with van der Waals surface area (Å²) in [6.07, 6.45) is -0.339. The Morgan fingerprint density at radius 2 is 1.96 bits per heavy atom. The number of pyridine rings is 1. The summed E-state index contributed by atoms with van der Waals surface area (Å²) >= 11 is 1.32. The van der Waals surface area contributed by atoms with Gasteiger partial charge in [-0.25, -0.2) is 9.78 Å². The Kier molecular flexibility index (Phi) is 4.91. The van der Waals surface area contributed by atoms with E-state index >= 15 is 0 Å². The van der Waals surface area contributed by atoms with Crippen LogP contribution in [0.15, 0.2) is 58.8 Å². The average molecular weight is 379 g/mol. The highest BCUT2D eigenvalue weighted by atomic mass is 32.2. The van der Waals surface area contributed by atoms with Gasteiger partial charge >= 0.3 is 6.09 Å². The Morgan fingerprint density at radius 3 is 2.60 bits per heavy atom. The van der Waals surface area contributed by atoms with E-state index in [1.807, 2.05) is 0 Å². The summed E-state index contributed by atoms with van der Waals surface area (Å²) in [6, 6.07) is 10.6. The summed E-state index contributed by atoms with van der Waals surface area (Å²) in [6.45, 7) is 0.418. The number of amides is 1. The van der Waals surface area contributed by atoms with Gasteiger partial charge in [0.25, 0.3) is 10.0 Å². The maximum Gasteiger partial charge on any atom is 0.426 e. The maximum absolute atomic E-state index is 13.0. The van der Waals surface area contributed by atoms with Gasteiger partial charge in [-0.3, -0.25) is 0 Å². The van der Waals surface area contributed by atoms with E-state index in [-0.39, 0.29) is 11.3 Å². The second-order valence-electron chi connectivity index (χ2n) is 4.82. The molecule has 0 spiro atoms. The van der Waals surface area contributed by atoms with Gasteiger partial charge < -0.3 is 9.94 Å². The van der Waals surface area contributed by atoms with E-state index in [1.54, 1.807) is 24.3 Å². The molecule has 0 radical (unpaired) electrons. The van der Waals surface area contributed by atoms with Crippen LogP contribution in [0.5, 0.6) is 0 Å². The molecule has 8 nitrogen and oxygen atoms in total. The number of carboxylic acid groups (broad SMARTS) is 1. The van der Waals surface area contributed by atoms with E-state index in [9.17, 15) is 18.3 Å². The number of para-hydroxylation sites is 1. The van der Waals surface area contributed by atoms with E-state index in [0.29, 0.717) is 21.7 Å². The topological polar surface area (TPSA) is 109 Å². The van der Waals surface area contributed by atoms with Gasteiger partial charge in [0.15, 0.2) is 5.03 Å². The summed E-state index contributed by atoms with van der Waals surface area (Å²) in [5.74, 6) is 0.606. The molecule has 10 heteroatoms. The third-order valence-corrected chi connectivity index (χ3v) is 5.81. The molecular weight excluding hydrogens is 366 g/mol. The number of nitrogens with zero attached hydrogens (tertiary/aromatic N) is 3. The predicted molar refractivity (Wildman–Crippen MR) is 93.3 cm³/mol. The lowest BCUT2D eigenvalue weighted by molar-refractivity contribution is 0.160. The van der Waals surface area contributed by atoms with Crippen molar-refractivity contribution in [2.45, 2.75) is 5.03 Å². The molecule has 1 aliphatic heterocycles. The van der Waals surface area contributed by atoms with Crippen molar-refractivity contribution >= 4 is 38.6 Å². The number of thioether (sulfide) groups is 1. The third-order valence-electron chi connectivity index (χ3n) is 3.21. The van der Waals surface area contributed by atoms with E-state index in [1.165, 1.54) is 36.2 Å². The molecule has 0 fully saturated rings. The third kappa shape index (κ3) is 3.44. The number of aromatic nitrogens is 1. The lowest BCUT2D eigenvalue weighted by Gasteiger charge is -2.20. The lowest BCUT2D eigenvalue weighted by Crippen LogP contribution is -2.37. The van der Waals surface area contributed by atoms with E-state index in [2.05, 4.69) is 10.1 Å². The SMILES string of the molecule is O=C(O)N(c1ccccc1)S(=O)(=O)c1ncccc1C1=NOCCS1. The summed E-state index contributed by atoms with van der Waals surface area (Å²) in [5, 5.41) is 13.3. The molecule has 130 valence electrons. The molecule has 0 aliphatic carbocycles. The Balaban J connectivity index is 2.14. The quantitative estimate of drug-likeness (QED) is 0.868. The molecule has 25 heavy (non-hydrogen) atoms. The smallest absolute Gasteiger partial charge is 0.426 e. The number of carbonyl (C=O) groups is 1. The van der Waals surface area contributed by atoms with Crippen molar-refractivity contribution in [1.82, 2.24) is 4.98 Å². The van der Waals surface area contributed by atoms with Crippen LogP contribution in [0.25, 0.3) is 0 Å². The second-order valence-corrected chi connectivity index (χ2v) is 7.61. The van der Waals surface area contributed by atoms with Crippen molar-refractivity contribution < 1.29 is 23.2 Å². The molecule has 1 N–H and O–H groups in total. The maximum atomic E-state index is 13.0. The predicted octanol–water partition coefficient (Wildman–Crippen LogP) is 2.38. The minimum absolute atomic E-state index is 0.00101. The van der Waals surface area contributed by atoms with Gasteiger partial charge in [-0.2, -0.15) is 12.7 Å². The van der Waals surface area contributed by atoms with Crippen LogP contribution in [0.2, 0.25) is 0 Å². The molecule has 3 rings (SSSR count). The van der Waals surface area contributed by atoms with Crippen molar-refractivity contribution in [2.75, 3.05) is 16.7 Å². The summed E-state index contributed by atoms with van der Waals surface area (Å²) in [4.78, 5) is 20.6. The summed E-state index contributed by atoms with van der Waals surface area (Å²) < 4.78 is 26.3. The normalized spacial score (nSPS) is 14.3. The molecule has 1 amide bonds. The van der Waals surface area contributed by atoms with Gasteiger partial charge in [-0.15, -0.1) is 0 Å². The van der Waals surface area contributed by atoms with Crippen LogP contribution < -0.4 is 4.31 Å². The number of hydrogen-bond acceptors (Lipinski definition) is 7.